The molecular weight excluding hydrogens is 548 g/mol. The molecule has 2 aliphatic rings. The standard InChI is InChI=1S/C41H28N4/c1-2-13-27(14-3-1)43-36-22-11-7-18-32(36)40-37(43)26-25-31-30-17-6-10-21-35(30)45(41(31)40)39-24-12-23-38(42-39)44-33-19-8-4-15-28(33)29-16-5-9-20-34(29)44/h1-26,31,41H. The van der Waals surface area contributed by atoms with Crippen LogP contribution in [0.5, 0.6) is 0 Å². The Hall–Kier alpha value is -5.87. The van der Waals surface area contributed by atoms with E-state index in [-0.39, 0.29) is 12.0 Å². The summed E-state index contributed by atoms with van der Waals surface area (Å²) in [7, 11) is 0. The number of benzene rings is 5. The second kappa shape index (κ2) is 9.31. The lowest BCUT2D eigenvalue weighted by molar-refractivity contribution is 0.663. The van der Waals surface area contributed by atoms with Gasteiger partial charge in [0.2, 0.25) is 0 Å². The van der Waals surface area contributed by atoms with Crippen molar-refractivity contribution in [2.24, 2.45) is 0 Å². The van der Waals surface area contributed by atoms with Crippen LogP contribution in [-0.2, 0) is 0 Å². The first-order valence-electron chi connectivity index (χ1n) is 15.6. The zero-order valence-electron chi connectivity index (χ0n) is 24.5. The van der Waals surface area contributed by atoms with Crippen LogP contribution in [0.4, 0.5) is 11.5 Å². The third-order valence-electron chi connectivity index (χ3n) is 9.67. The van der Waals surface area contributed by atoms with Crippen LogP contribution in [0.15, 0.2) is 152 Å². The van der Waals surface area contributed by atoms with Gasteiger partial charge in [-0.1, -0.05) is 103 Å². The van der Waals surface area contributed by atoms with E-state index in [1.807, 2.05) is 0 Å². The molecule has 8 aromatic rings. The third-order valence-corrected chi connectivity index (χ3v) is 9.67. The van der Waals surface area contributed by atoms with E-state index in [9.17, 15) is 0 Å². The lowest BCUT2D eigenvalue weighted by atomic mass is 9.84. The molecule has 0 amide bonds. The van der Waals surface area contributed by atoms with Gasteiger partial charge in [0.1, 0.15) is 11.6 Å². The minimum absolute atomic E-state index is 0.0677. The number of aromatic nitrogens is 3. The maximum absolute atomic E-state index is 5.46. The molecule has 0 saturated carbocycles. The maximum Gasteiger partial charge on any atom is 0.140 e. The lowest BCUT2D eigenvalue weighted by Gasteiger charge is -2.32. The van der Waals surface area contributed by atoms with Gasteiger partial charge in [-0.15, -0.1) is 0 Å². The van der Waals surface area contributed by atoms with Crippen LogP contribution >= 0.6 is 0 Å². The summed E-state index contributed by atoms with van der Waals surface area (Å²) in [6, 6.07) is 52.2. The van der Waals surface area contributed by atoms with Gasteiger partial charge in [-0.05, 0) is 60.2 Å². The summed E-state index contributed by atoms with van der Waals surface area (Å²) in [5, 5.41) is 3.76. The number of hydrogen-bond donors (Lipinski definition) is 0. The molecule has 3 aromatic heterocycles. The molecule has 5 aromatic carbocycles. The predicted octanol–water partition coefficient (Wildman–Crippen LogP) is 10.1. The van der Waals surface area contributed by atoms with E-state index in [2.05, 4.69) is 172 Å². The monoisotopic (exact) mass is 576 g/mol. The van der Waals surface area contributed by atoms with E-state index in [1.165, 1.54) is 49.9 Å². The summed E-state index contributed by atoms with van der Waals surface area (Å²) < 4.78 is 4.72. The molecule has 0 fully saturated rings. The molecule has 212 valence electrons. The first kappa shape index (κ1) is 24.6. The lowest BCUT2D eigenvalue weighted by Crippen LogP contribution is -2.25. The molecule has 1 aliphatic heterocycles. The van der Waals surface area contributed by atoms with E-state index in [0.717, 1.165) is 22.7 Å². The van der Waals surface area contributed by atoms with Crippen molar-refractivity contribution in [1.29, 1.82) is 0 Å². The molecule has 0 N–H and O–H groups in total. The Kier molecular flexibility index (Phi) is 5.08. The fraction of sp³-hybridized carbons (Fsp3) is 0.0488. The maximum atomic E-state index is 5.46. The number of anilines is 2. The zero-order valence-corrected chi connectivity index (χ0v) is 24.5. The van der Waals surface area contributed by atoms with Gasteiger partial charge in [0.25, 0.3) is 0 Å². The predicted molar refractivity (Wildman–Crippen MR) is 185 cm³/mol. The summed E-state index contributed by atoms with van der Waals surface area (Å²) in [6.07, 6.45) is 4.74. The van der Waals surface area contributed by atoms with E-state index >= 15 is 0 Å². The van der Waals surface area contributed by atoms with Crippen LogP contribution in [0.3, 0.4) is 0 Å². The molecule has 2 atom stereocenters. The highest BCUT2D eigenvalue weighted by molar-refractivity contribution is 6.09. The molecule has 10 rings (SSSR count). The van der Waals surface area contributed by atoms with E-state index in [0.29, 0.717) is 0 Å². The van der Waals surface area contributed by atoms with E-state index in [4.69, 9.17) is 4.98 Å². The Balaban J connectivity index is 1.22. The van der Waals surface area contributed by atoms with Gasteiger partial charge in [0, 0.05) is 39.0 Å². The van der Waals surface area contributed by atoms with Crippen molar-refractivity contribution in [3.05, 3.63) is 168 Å². The average Bonchev–Trinajstić information content (AvgIpc) is 3.74. The van der Waals surface area contributed by atoms with Crippen LogP contribution < -0.4 is 4.90 Å². The average molecular weight is 577 g/mol. The third kappa shape index (κ3) is 3.39. The van der Waals surface area contributed by atoms with Crippen LogP contribution in [0.2, 0.25) is 0 Å². The van der Waals surface area contributed by atoms with E-state index in [1.54, 1.807) is 0 Å². The molecule has 0 bridgehead atoms. The van der Waals surface area contributed by atoms with Gasteiger partial charge in [0.05, 0.1) is 28.3 Å². The molecule has 0 saturated heterocycles. The van der Waals surface area contributed by atoms with Crippen molar-refractivity contribution < 1.29 is 0 Å². The number of hydrogen-bond acceptors (Lipinski definition) is 2. The van der Waals surface area contributed by atoms with Gasteiger partial charge in [0.15, 0.2) is 0 Å². The topological polar surface area (TPSA) is 26.0 Å². The Morgan fingerprint density at radius 3 is 1.84 bits per heavy atom. The highest BCUT2D eigenvalue weighted by Gasteiger charge is 2.44. The summed E-state index contributed by atoms with van der Waals surface area (Å²) in [5.74, 6) is 2.08. The van der Waals surface area contributed by atoms with Crippen molar-refractivity contribution in [3.63, 3.8) is 0 Å². The van der Waals surface area contributed by atoms with Crippen molar-refractivity contribution >= 4 is 50.3 Å². The van der Waals surface area contributed by atoms with Crippen molar-refractivity contribution in [2.75, 3.05) is 4.90 Å². The first-order valence-corrected chi connectivity index (χ1v) is 15.6. The quantitative estimate of drug-likeness (QED) is 0.209. The van der Waals surface area contributed by atoms with Gasteiger partial charge in [-0.3, -0.25) is 4.57 Å². The molecule has 4 heterocycles. The van der Waals surface area contributed by atoms with Crippen LogP contribution in [0.1, 0.15) is 28.8 Å². The highest BCUT2D eigenvalue weighted by Crippen LogP contribution is 2.57. The van der Waals surface area contributed by atoms with Crippen molar-refractivity contribution in [1.82, 2.24) is 14.1 Å². The fourth-order valence-corrected chi connectivity index (χ4v) is 7.90. The first-order chi connectivity index (χ1) is 22.4. The molecular formula is C41H28N4. The Labute approximate surface area is 260 Å². The summed E-state index contributed by atoms with van der Waals surface area (Å²) in [4.78, 5) is 7.95. The van der Waals surface area contributed by atoms with Crippen LogP contribution in [0.25, 0.3) is 50.3 Å². The number of nitrogens with zero attached hydrogens (tertiary/aromatic N) is 4. The summed E-state index contributed by atoms with van der Waals surface area (Å²) in [5.41, 5.74) is 9.86. The second-order valence-electron chi connectivity index (χ2n) is 12.0. The minimum atomic E-state index is 0.0677. The summed E-state index contributed by atoms with van der Waals surface area (Å²) >= 11 is 0. The van der Waals surface area contributed by atoms with Gasteiger partial charge in [-0.2, -0.15) is 0 Å². The number of rotatable bonds is 3. The minimum Gasteiger partial charge on any atom is -0.317 e. The molecule has 1 aliphatic carbocycles. The van der Waals surface area contributed by atoms with Crippen molar-refractivity contribution in [2.45, 2.75) is 12.0 Å². The highest BCUT2D eigenvalue weighted by atomic mass is 15.3. The van der Waals surface area contributed by atoms with Crippen molar-refractivity contribution in [3.8, 4) is 11.5 Å². The smallest absolute Gasteiger partial charge is 0.140 e. The van der Waals surface area contributed by atoms with Crippen LogP contribution in [0, 0.1) is 0 Å². The SMILES string of the molecule is C1=CC2c3ccccc3N(c3cccc(-n4c5ccccc5c5ccccc54)n3)C2c2c1n(-c1ccccc1)c1ccccc21. The molecule has 0 spiro atoms. The molecule has 4 nitrogen and oxygen atoms in total. The van der Waals surface area contributed by atoms with Gasteiger partial charge >= 0.3 is 0 Å². The Morgan fingerprint density at radius 1 is 0.489 bits per heavy atom. The zero-order chi connectivity index (χ0) is 29.5. The Bertz CT molecular complexity index is 2410. The molecule has 0 radical (unpaired) electrons. The fourth-order valence-electron chi connectivity index (χ4n) is 7.90. The van der Waals surface area contributed by atoms with Gasteiger partial charge in [-0.25, -0.2) is 4.98 Å². The number of fused-ring (bicyclic) bond motifs is 10. The van der Waals surface area contributed by atoms with Gasteiger partial charge < -0.3 is 9.47 Å². The Morgan fingerprint density at radius 2 is 1.09 bits per heavy atom. The summed E-state index contributed by atoms with van der Waals surface area (Å²) in [6.45, 7) is 0. The molecule has 45 heavy (non-hydrogen) atoms. The number of pyridine rings is 1. The number of para-hydroxylation sites is 5. The van der Waals surface area contributed by atoms with Crippen LogP contribution in [-0.4, -0.2) is 14.1 Å². The second-order valence-corrected chi connectivity index (χ2v) is 12.0. The normalized spacial score (nSPS) is 16.8. The molecule has 2 unspecified atom stereocenters. The molecule has 4 heteroatoms. The largest absolute Gasteiger partial charge is 0.317 e. The van der Waals surface area contributed by atoms with E-state index < -0.39 is 0 Å².